The molecule has 0 aliphatic heterocycles. The number of hydrogen-bond acceptors (Lipinski definition) is 6. The third-order valence-electron chi connectivity index (χ3n) is 3.76. The summed E-state index contributed by atoms with van der Waals surface area (Å²) in [4.78, 5) is 9.28. The van der Waals surface area contributed by atoms with Crippen LogP contribution in [-0.2, 0) is 0 Å². The number of hydrogen-bond donors (Lipinski definition) is 2. The van der Waals surface area contributed by atoms with Gasteiger partial charge in [-0.15, -0.1) is 10.2 Å². The van der Waals surface area contributed by atoms with Gasteiger partial charge in [0.15, 0.2) is 8.65 Å². The molecule has 0 aliphatic carbocycles. The first-order valence-corrected chi connectivity index (χ1v) is 8.39. The van der Waals surface area contributed by atoms with Crippen LogP contribution in [0.1, 0.15) is 11.4 Å². The Morgan fingerprint density at radius 2 is 1.93 bits per heavy atom. The molecule has 2 heterocycles. The van der Waals surface area contributed by atoms with Crippen LogP contribution >= 0.6 is 0 Å². The molecule has 0 saturated heterocycles. The van der Waals surface area contributed by atoms with Gasteiger partial charge in [0, 0.05) is 23.5 Å². The van der Waals surface area contributed by atoms with Gasteiger partial charge >= 0.3 is 0 Å². The average molecular weight is 360 g/mol. The Morgan fingerprint density at radius 3 is 2.70 bits per heavy atom. The molecule has 0 amide bonds. The first-order valence-electron chi connectivity index (χ1n) is 9.29. The molecule has 134 valence electrons. The van der Waals surface area contributed by atoms with Crippen LogP contribution in [0.5, 0.6) is 11.6 Å². The van der Waals surface area contributed by atoms with E-state index in [0.717, 1.165) is 15.9 Å². The van der Waals surface area contributed by atoms with E-state index in [4.69, 9.17) is 7.56 Å². The van der Waals surface area contributed by atoms with Crippen LogP contribution in [0.15, 0.2) is 60.8 Å². The predicted octanol–water partition coefficient (Wildman–Crippen LogP) is 4.41. The van der Waals surface area contributed by atoms with E-state index in [0.29, 0.717) is 34.5 Å². The van der Waals surface area contributed by atoms with Crippen LogP contribution in [0, 0.1) is 13.8 Å². The van der Waals surface area contributed by atoms with Crippen LogP contribution in [0.3, 0.4) is 0 Å². The fraction of sp³-hybridized carbons (Fsp3) is 0.100. The Hall–Kier alpha value is -3.74. The number of nitrogens with zero attached hydrogens (tertiary/aromatic N) is 4. The van der Waals surface area contributed by atoms with Gasteiger partial charge in [-0.05, 0) is 55.8 Å². The molecule has 0 bridgehead atoms. The summed E-state index contributed by atoms with van der Waals surface area (Å²) >= 11 is 0. The standard InChI is InChI=1S/C20H18N6O/c1-13-4-3-5-16(12-13)23-20-24-19(25-26-20)15-6-8-17(9-7-15)27-18-10-11-21-14(2)22-18/h3-12H,1-2H3,(H2,23,24,25,26)/i/hD2. The summed E-state index contributed by atoms with van der Waals surface area (Å²) in [5.74, 6) is 2.11. The summed E-state index contributed by atoms with van der Waals surface area (Å²) < 4.78 is 22.4. The maximum atomic E-state index is 8.34. The van der Waals surface area contributed by atoms with Gasteiger partial charge in [0.05, 0.1) is 0 Å². The Labute approximate surface area is 159 Å². The number of H-pyrrole nitrogens is 1. The van der Waals surface area contributed by atoms with Gasteiger partial charge in [-0.1, -0.05) is 12.1 Å². The van der Waals surface area contributed by atoms with E-state index in [-0.39, 0.29) is 5.95 Å². The number of aromatic nitrogens is 5. The summed E-state index contributed by atoms with van der Waals surface area (Å²) in [7, 11) is 0. The van der Waals surface area contributed by atoms with Crippen molar-refractivity contribution in [3.8, 4) is 23.0 Å². The van der Waals surface area contributed by atoms with Gasteiger partial charge in [-0.25, -0.2) is 4.98 Å². The SMILES string of the molecule is [2H]N(c1cccc(C)c1)c1nnc(-c2ccc(Oc3ccnc(C)n3)cc2)n1[2H]. The van der Waals surface area contributed by atoms with Crippen LogP contribution in [0.4, 0.5) is 11.6 Å². The molecular formula is C20H18N6O. The number of rotatable bonds is 5. The number of anilines is 2. The highest BCUT2D eigenvalue weighted by Crippen LogP contribution is 2.24. The number of aromatic amines is 1. The predicted molar refractivity (Wildman–Crippen MR) is 103 cm³/mol. The zero-order valence-corrected chi connectivity index (χ0v) is 14.9. The topological polar surface area (TPSA) is 88.6 Å². The molecule has 7 heteroatoms. The van der Waals surface area contributed by atoms with Crippen LogP contribution in [-0.4, -0.2) is 25.1 Å². The molecule has 2 aromatic carbocycles. The second-order valence-corrected chi connectivity index (χ2v) is 5.95. The third-order valence-corrected chi connectivity index (χ3v) is 3.76. The van der Waals surface area contributed by atoms with Crippen molar-refractivity contribution < 1.29 is 7.56 Å². The number of nitrogens with one attached hydrogen (secondary N) is 2. The van der Waals surface area contributed by atoms with Gasteiger partial charge in [0.2, 0.25) is 11.8 Å². The Kier molecular flexibility index (Phi) is 3.87. The van der Waals surface area contributed by atoms with Gasteiger partial charge < -0.3 is 15.0 Å². The lowest BCUT2D eigenvalue weighted by Crippen LogP contribution is -1.92. The first kappa shape index (κ1) is 14.4. The molecule has 0 aliphatic rings. The van der Waals surface area contributed by atoms with Crippen LogP contribution in [0.25, 0.3) is 11.4 Å². The van der Waals surface area contributed by atoms with Crippen molar-refractivity contribution in [1.29, 1.82) is 0 Å². The molecule has 0 spiro atoms. The Balaban J connectivity index is 1.56. The van der Waals surface area contributed by atoms with Gasteiger partial charge in [-0.3, -0.25) is 0 Å². The zero-order chi connectivity index (χ0) is 20.4. The van der Waals surface area contributed by atoms with E-state index in [9.17, 15) is 0 Å². The molecule has 0 unspecified atom stereocenters. The highest BCUT2D eigenvalue weighted by atomic mass is 16.5. The van der Waals surface area contributed by atoms with E-state index in [1.807, 2.05) is 25.1 Å². The highest BCUT2D eigenvalue weighted by molar-refractivity contribution is 5.60. The van der Waals surface area contributed by atoms with E-state index in [1.165, 1.54) is 0 Å². The minimum absolute atomic E-state index is 0.0994. The maximum absolute atomic E-state index is 8.34. The van der Waals surface area contributed by atoms with Gasteiger partial charge in [0.1, 0.15) is 11.6 Å². The number of benzene rings is 2. The minimum atomic E-state index is 0.0994. The summed E-state index contributed by atoms with van der Waals surface area (Å²) in [5.41, 5.74) is 2.31. The molecule has 4 rings (SSSR count). The molecule has 0 atom stereocenters. The molecule has 2 aromatic heterocycles. The quantitative estimate of drug-likeness (QED) is 0.548. The van der Waals surface area contributed by atoms with Crippen molar-refractivity contribution in [2.24, 2.45) is 0 Å². The second-order valence-electron chi connectivity index (χ2n) is 5.95. The van der Waals surface area contributed by atoms with E-state index in [1.54, 1.807) is 49.5 Å². The van der Waals surface area contributed by atoms with Crippen molar-refractivity contribution in [3.63, 3.8) is 0 Å². The minimum Gasteiger partial charge on any atom is -0.439 e. The number of aryl methyl sites for hydroxylation is 2. The van der Waals surface area contributed by atoms with E-state index >= 15 is 0 Å². The van der Waals surface area contributed by atoms with Crippen molar-refractivity contribution in [3.05, 3.63) is 72.2 Å². The van der Waals surface area contributed by atoms with Crippen LogP contribution < -0.4 is 10.0 Å². The summed E-state index contributed by atoms with van der Waals surface area (Å²) in [5, 5.41) is 9.18. The first-order chi connectivity index (χ1) is 14.0. The fourth-order valence-electron chi connectivity index (χ4n) is 2.50. The van der Waals surface area contributed by atoms with Crippen molar-refractivity contribution in [1.82, 2.24) is 25.1 Å². The lowest BCUT2D eigenvalue weighted by atomic mass is 10.2. The zero-order valence-electron chi connectivity index (χ0n) is 16.9. The summed E-state index contributed by atoms with van der Waals surface area (Å²) in [6.07, 6.45) is 1.64. The lowest BCUT2D eigenvalue weighted by molar-refractivity contribution is 0.460. The second kappa shape index (κ2) is 7.25. The molecule has 27 heavy (non-hydrogen) atoms. The summed E-state index contributed by atoms with van der Waals surface area (Å²) in [6.45, 7) is 3.74. The lowest BCUT2D eigenvalue weighted by Gasteiger charge is -2.05. The molecule has 2 N–H and O–H groups in total. The molecule has 0 saturated carbocycles. The monoisotopic (exact) mass is 360 g/mol. The molecular weight excluding hydrogens is 340 g/mol. The largest absolute Gasteiger partial charge is 0.439 e. The Bertz CT molecular complexity index is 1150. The van der Waals surface area contributed by atoms with E-state index in [2.05, 4.69) is 20.2 Å². The van der Waals surface area contributed by atoms with Crippen molar-refractivity contribution in [2.75, 3.05) is 5.31 Å². The highest BCUT2D eigenvalue weighted by Gasteiger charge is 2.07. The number of ether oxygens (including phenoxy) is 1. The molecule has 0 radical (unpaired) electrons. The Morgan fingerprint density at radius 1 is 1.07 bits per heavy atom. The third kappa shape index (κ3) is 4.09. The summed E-state index contributed by atoms with van der Waals surface area (Å²) in [6, 6.07) is 16.2. The maximum Gasteiger partial charge on any atom is 0.226 e. The normalized spacial score (nSPS) is 11.6. The van der Waals surface area contributed by atoms with Gasteiger partial charge in [0.25, 0.3) is 0 Å². The smallest absolute Gasteiger partial charge is 0.226 e. The van der Waals surface area contributed by atoms with E-state index < -0.39 is 0 Å². The average Bonchev–Trinajstić information content (AvgIpc) is 3.09. The molecule has 7 nitrogen and oxygen atoms in total. The molecule has 0 fully saturated rings. The van der Waals surface area contributed by atoms with Gasteiger partial charge in [-0.2, -0.15) is 4.98 Å². The van der Waals surface area contributed by atoms with Crippen molar-refractivity contribution >= 4 is 11.6 Å². The van der Waals surface area contributed by atoms with Crippen molar-refractivity contribution in [2.45, 2.75) is 13.8 Å². The van der Waals surface area contributed by atoms with Crippen LogP contribution in [0.2, 0.25) is 2.82 Å². The fourth-order valence-corrected chi connectivity index (χ4v) is 2.50. The molecule has 4 aromatic rings.